The van der Waals surface area contributed by atoms with Crippen molar-refractivity contribution in [2.24, 2.45) is 5.73 Å². The van der Waals surface area contributed by atoms with E-state index in [1.54, 1.807) is 6.07 Å². The van der Waals surface area contributed by atoms with Gasteiger partial charge in [-0.2, -0.15) is 0 Å². The van der Waals surface area contributed by atoms with Crippen LogP contribution in [0, 0.1) is 10.1 Å². The normalized spacial score (nSPS) is 11.9. The molecule has 110 valence electrons. The summed E-state index contributed by atoms with van der Waals surface area (Å²) in [6, 6.07) is 4.64. The van der Waals surface area contributed by atoms with Crippen molar-refractivity contribution in [2.45, 2.75) is 32.9 Å². The molecule has 0 aromatic heterocycles. The average Bonchev–Trinajstić information content (AvgIpc) is 2.40. The van der Waals surface area contributed by atoms with Crippen molar-refractivity contribution in [2.75, 3.05) is 6.54 Å². The quantitative estimate of drug-likeness (QED) is 0.425. The molecule has 0 saturated carbocycles. The predicted molar refractivity (Wildman–Crippen MR) is 74.4 cm³/mol. The summed E-state index contributed by atoms with van der Waals surface area (Å²) in [6.45, 7) is 4.87. The van der Waals surface area contributed by atoms with Crippen LogP contribution >= 0.6 is 0 Å². The van der Waals surface area contributed by atoms with E-state index in [1.807, 2.05) is 6.92 Å². The highest BCUT2D eigenvalue weighted by Crippen LogP contribution is 2.28. The van der Waals surface area contributed by atoms with Crippen LogP contribution in [0.25, 0.3) is 0 Å². The van der Waals surface area contributed by atoms with Gasteiger partial charge in [-0.15, -0.1) is 0 Å². The van der Waals surface area contributed by atoms with Crippen molar-refractivity contribution in [1.82, 2.24) is 5.32 Å². The summed E-state index contributed by atoms with van der Waals surface area (Å²) in [7, 11) is 0. The average molecular weight is 281 g/mol. The molecule has 1 unspecified atom stereocenters. The fraction of sp³-hybridized carbons (Fsp3) is 0.462. The highest BCUT2D eigenvalue weighted by atomic mass is 16.6. The summed E-state index contributed by atoms with van der Waals surface area (Å²) in [4.78, 5) is 21.5. The number of amides is 1. The van der Waals surface area contributed by atoms with Gasteiger partial charge in [0.05, 0.1) is 4.92 Å². The molecule has 0 aliphatic heterocycles. The first kappa shape index (κ1) is 15.9. The molecule has 0 fully saturated rings. The number of hydrogen-bond acceptors (Lipinski definition) is 5. The number of rotatable bonds is 8. The van der Waals surface area contributed by atoms with Gasteiger partial charge in [-0.1, -0.05) is 13.0 Å². The molecular formula is C13H19N3O4. The largest absolute Gasteiger partial charge is 0.474 e. The lowest BCUT2D eigenvalue weighted by molar-refractivity contribution is -0.386. The van der Waals surface area contributed by atoms with Crippen LogP contribution in [0.4, 0.5) is 5.69 Å². The van der Waals surface area contributed by atoms with Gasteiger partial charge in [0, 0.05) is 12.6 Å². The van der Waals surface area contributed by atoms with E-state index >= 15 is 0 Å². The Morgan fingerprint density at radius 2 is 2.25 bits per heavy atom. The lowest BCUT2D eigenvalue weighted by Crippen LogP contribution is -2.30. The third-order valence-electron chi connectivity index (χ3n) is 2.68. The minimum atomic E-state index is -0.919. The summed E-state index contributed by atoms with van der Waals surface area (Å²) in [5.74, 6) is -0.631. The summed E-state index contributed by atoms with van der Waals surface area (Å²) < 4.78 is 5.21. The Kier molecular flexibility index (Phi) is 5.92. The van der Waals surface area contributed by atoms with E-state index < -0.39 is 16.9 Å². The van der Waals surface area contributed by atoms with Gasteiger partial charge in [-0.3, -0.25) is 14.9 Å². The molecule has 0 aliphatic carbocycles. The minimum absolute atomic E-state index is 0.0422. The van der Waals surface area contributed by atoms with Crippen LogP contribution in [0.3, 0.4) is 0 Å². The Hall–Kier alpha value is -2.15. The van der Waals surface area contributed by atoms with Gasteiger partial charge in [-0.05, 0) is 31.5 Å². The lowest BCUT2D eigenvalue weighted by Gasteiger charge is -2.12. The SMILES string of the molecule is CCCNCc1ccc(OC(C)C(N)=O)c([N+](=O)[O-])c1. The molecule has 1 rings (SSSR count). The van der Waals surface area contributed by atoms with Crippen molar-refractivity contribution in [3.8, 4) is 5.75 Å². The number of primary amides is 1. The maximum absolute atomic E-state index is 11.0. The summed E-state index contributed by atoms with van der Waals surface area (Å²) in [5.41, 5.74) is 5.69. The van der Waals surface area contributed by atoms with E-state index in [-0.39, 0.29) is 11.4 Å². The second-order valence-electron chi connectivity index (χ2n) is 4.40. The van der Waals surface area contributed by atoms with Crippen LogP contribution < -0.4 is 15.8 Å². The molecule has 0 radical (unpaired) electrons. The van der Waals surface area contributed by atoms with Gasteiger partial charge in [-0.25, -0.2) is 0 Å². The molecule has 20 heavy (non-hydrogen) atoms. The van der Waals surface area contributed by atoms with Gasteiger partial charge < -0.3 is 15.8 Å². The first-order chi connectivity index (χ1) is 9.45. The maximum Gasteiger partial charge on any atom is 0.311 e. The van der Waals surface area contributed by atoms with Gasteiger partial charge in [0.15, 0.2) is 11.9 Å². The molecule has 0 aliphatic rings. The second kappa shape index (κ2) is 7.44. The molecule has 1 atom stereocenters. The van der Waals surface area contributed by atoms with E-state index in [0.717, 1.165) is 18.5 Å². The fourth-order valence-corrected chi connectivity index (χ4v) is 1.57. The molecule has 1 aromatic rings. The number of ether oxygens (including phenoxy) is 1. The summed E-state index contributed by atoms with van der Waals surface area (Å²) >= 11 is 0. The molecule has 0 bridgehead atoms. The number of nitro groups is 1. The molecular weight excluding hydrogens is 262 g/mol. The van der Waals surface area contributed by atoms with Crippen molar-refractivity contribution < 1.29 is 14.5 Å². The highest BCUT2D eigenvalue weighted by molar-refractivity contribution is 5.78. The smallest absolute Gasteiger partial charge is 0.311 e. The van der Waals surface area contributed by atoms with Gasteiger partial charge in [0.1, 0.15) is 0 Å². The third-order valence-corrected chi connectivity index (χ3v) is 2.68. The lowest BCUT2D eigenvalue weighted by atomic mass is 10.2. The summed E-state index contributed by atoms with van der Waals surface area (Å²) in [5, 5.41) is 14.2. The number of nitrogens with one attached hydrogen (secondary N) is 1. The number of benzene rings is 1. The zero-order valence-corrected chi connectivity index (χ0v) is 11.6. The topological polar surface area (TPSA) is 107 Å². The number of nitrogens with two attached hydrogens (primary N) is 1. The standard InChI is InChI=1S/C13H19N3O4/c1-3-6-15-8-10-4-5-12(11(7-10)16(18)19)20-9(2)13(14)17/h4-5,7,9,15H,3,6,8H2,1-2H3,(H2,14,17). The van der Waals surface area contributed by atoms with Crippen LogP contribution in [0.5, 0.6) is 5.75 Å². The molecule has 7 heteroatoms. The van der Waals surface area contributed by atoms with E-state index in [0.29, 0.717) is 6.54 Å². The Morgan fingerprint density at radius 3 is 2.80 bits per heavy atom. The molecule has 1 aromatic carbocycles. The monoisotopic (exact) mass is 281 g/mol. The summed E-state index contributed by atoms with van der Waals surface area (Å²) in [6.07, 6.45) is 0.0668. The van der Waals surface area contributed by atoms with Crippen LogP contribution in [0.15, 0.2) is 18.2 Å². The third kappa shape index (κ3) is 4.51. The molecule has 7 nitrogen and oxygen atoms in total. The van der Waals surface area contributed by atoms with Crippen LogP contribution in [-0.4, -0.2) is 23.5 Å². The molecule has 0 heterocycles. The molecule has 0 saturated heterocycles. The number of carbonyl (C=O) groups is 1. The van der Waals surface area contributed by atoms with E-state index in [2.05, 4.69) is 5.32 Å². The van der Waals surface area contributed by atoms with Crippen molar-refractivity contribution in [3.63, 3.8) is 0 Å². The number of hydrogen-bond donors (Lipinski definition) is 2. The Bertz CT molecular complexity index is 491. The number of nitrogens with zero attached hydrogens (tertiary/aromatic N) is 1. The minimum Gasteiger partial charge on any atom is -0.474 e. The van der Waals surface area contributed by atoms with Gasteiger partial charge >= 0.3 is 5.69 Å². The van der Waals surface area contributed by atoms with Crippen molar-refractivity contribution >= 4 is 11.6 Å². The fourth-order valence-electron chi connectivity index (χ4n) is 1.57. The zero-order chi connectivity index (χ0) is 15.1. The second-order valence-corrected chi connectivity index (χ2v) is 4.40. The van der Waals surface area contributed by atoms with Crippen LogP contribution in [-0.2, 0) is 11.3 Å². The van der Waals surface area contributed by atoms with Crippen LogP contribution in [0.1, 0.15) is 25.8 Å². The molecule has 0 spiro atoms. The predicted octanol–water partition coefficient (Wildman–Crippen LogP) is 1.35. The first-order valence-electron chi connectivity index (χ1n) is 6.39. The Morgan fingerprint density at radius 1 is 1.55 bits per heavy atom. The van der Waals surface area contributed by atoms with Crippen LogP contribution in [0.2, 0.25) is 0 Å². The van der Waals surface area contributed by atoms with Crippen molar-refractivity contribution in [1.29, 1.82) is 0 Å². The van der Waals surface area contributed by atoms with E-state index in [1.165, 1.54) is 19.1 Å². The molecule has 3 N–H and O–H groups in total. The molecule has 1 amide bonds. The van der Waals surface area contributed by atoms with Crippen molar-refractivity contribution in [3.05, 3.63) is 33.9 Å². The maximum atomic E-state index is 11.0. The van der Waals surface area contributed by atoms with E-state index in [4.69, 9.17) is 10.5 Å². The van der Waals surface area contributed by atoms with Gasteiger partial charge in [0.2, 0.25) is 0 Å². The number of nitro benzene ring substituents is 1. The Balaban J connectivity index is 2.90. The van der Waals surface area contributed by atoms with E-state index in [9.17, 15) is 14.9 Å². The first-order valence-corrected chi connectivity index (χ1v) is 6.39. The Labute approximate surface area is 117 Å². The highest BCUT2D eigenvalue weighted by Gasteiger charge is 2.20. The van der Waals surface area contributed by atoms with Gasteiger partial charge in [0.25, 0.3) is 5.91 Å². The number of carbonyl (C=O) groups excluding carboxylic acids is 1. The zero-order valence-electron chi connectivity index (χ0n) is 11.6.